The van der Waals surface area contributed by atoms with Crippen molar-refractivity contribution in [1.82, 2.24) is 10.2 Å². The smallest absolute Gasteiger partial charge is 0.255 e. The summed E-state index contributed by atoms with van der Waals surface area (Å²) in [5, 5.41) is 16.2. The van der Waals surface area contributed by atoms with Gasteiger partial charge in [0.15, 0.2) is 0 Å². The first-order valence-electron chi connectivity index (χ1n) is 10.0. The van der Waals surface area contributed by atoms with Crippen molar-refractivity contribution in [2.45, 2.75) is 28.7 Å². The van der Waals surface area contributed by atoms with Gasteiger partial charge in [-0.3, -0.25) is 9.59 Å². The molecule has 0 saturated carbocycles. The molecule has 0 aliphatic carbocycles. The van der Waals surface area contributed by atoms with Crippen LogP contribution in [0.4, 0.5) is 0 Å². The van der Waals surface area contributed by atoms with E-state index < -0.39 is 0 Å². The number of hydrogen-bond donors (Lipinski definition) is 1. The SMILES string of the molecule is N#Cc1ccccc1Sc1ccccc1C(=O)N1CCC(NC(=O)c2ccsc2)CC1. The lowest BCUT2D eigenvalue weighted by atomic mass is 10.0. The van der Waals surface area contributed by atoms with E-state index in [-0.39, 0.29) is 17.9 Å². The molecule has 1 saturated heterocycles. The summed E-state index contributed by atoms with van der Waals surface area (Å²) in [6, 6.07) is 19.0. The third kappa shape index (κ3) is 4.98. The number of piperidine rings is 1. The molecule has 0 spiro atoms. The maximum atomic E-state index is 13.2. The molecule has 156 valence electrons. The van der Waals surface area contributed by atoms with Gasteiger partial charge in [-0.15, -0.1) is 0 Å². The normalized spacial score (nSPS) is 14.1. The van der Waals surface area contributed by atoms with E-state index in [0.29, 0.717) is 29.8 Å². The highest BCUT2D eigenvalue weighted by Gasteiger charge is 2.26. The minimum Gasteiger partial charge on any atom is -0.349 e. The number of carbonyl (C=O) groups excluding carboxylic acids is 2. The molecule has 2 amide bonds. The van der Waals surface area contributed by atoms with Crippen molar-refractivity contribution >= 4 is 34.9 Å². The molecule has 31 heavy (non-hydrogen) atoms. The summed E-state index contributed by atoms with van der Waals surface area (Å²) in [7, 11) is 0. The molecular formula is C24H21N3O2S2. The Hall–Kier alpha value is -3.08. The number of rotatable bonds is 5. The molecule has 4 rings (SSSR count). The van der Waals surface area contributed by atoms with Gasteiger partial charge in [-0.05, 0) is 48.6 Å². The number of thiophene rings is 1. The molecule has 2 heterocycles. The maximum absolute atomic E-state index is 13.2. The number of benzene rings is 2. The van der Waals surface area contributed by atoms with Crippen molar-refractivity contribution in [1.29, 1.82) is 5.26 Å². The Labute approximate surface area is 189 Å². The van der Waals surface area contributed by atoms with E-state index in [0.717, 1.165) is 22.6 Å². The highest BCUT2D eigenvalue weighted by atomic mass is 32.2. The summed E-state index contributed by atoms with van der Waals surface area (Å²) < 4.78 is 0. The number of amides is 2. The fourth-order valence-corrected chi connectivity index (χ4v) is 5.21. The number of carbonyl (C=O) groups is 2. The quantitative estimate of drug-likeness (QED) is 0.609. The topological polar surface area (TPSA) is 73.2 Å². The Kier molecular flexibility index (Phi) is 6.70. The number of likely N-dealkylation sites (tertiary alicyclic amines) is 1. The number of hydrogen-bond acceptors (Lipinski definition) is 5. The Morgan fingerprint density at radius 3 is 2.45 bits per heavy atom. The Balaban J connectivity index is 1.41. The fourth-order valence-electron chi connectivity index (χ4n) is 3.56. The van der Waals surface area contributed by atoms with E-state index in [9.17, 15) is 14.9 Å². The Morgan fingerprint density at radius 1 is 1.03 bits per heavy atom. The molecule has 0 unspecified atom stereocenters. The third-order valence-corrected chi connectivity index (χ3v) is 7.08. The van der Waals surface area contributed by atoms with E-state index >= 15 is 0 Å². The summed E-state index contributed by atoms with van der Waals surface area (Å²) in [6.07, 6.45) is 1.46. The van der Waals surface area contributed by atoms with Gasteiger partial charge in [0.05, 0.1) is 11.1 Å². The lowest BCUT2D eigenvalue weighted by Gasteiger charge is -2.32. The van der Waals surface area contributed by atoms with Gasteiger partial charge in [0, 0.05) is 39.9 Å². The van der Waals surface area contributed by atoms with E-state index in [1.54, 1.807) is 6.07 Å². The van der Waals surface area contributed by atoms with Gasteiger partial charge in [-0.1, -0.05) is 36.0 Å². The summed E-state index contributed by atoms with van der Waals surface area (Å²) in [4.78, 5) is 29.0. The fraction of sp³-hybridized carbons (Fsp3) is 0.208. The molecule has 0 bridgehead atoms. The number of nitrogens with one attached hydrogen (secondary N) is 1. The summed E-state index contributed by atoms with van der Waals surface area (Å²) in [6.45, 7) is 1.20. The van der Waals surface area contributed by atoms with Crippen LogP contribution in [0.5, 0.6) is 0 Å². The zero-order valence-corrected chi connectivity index (χ0v) is 18.4. The minimum absolute atomic E-state index is 0.0138. The van der Waals surface area contributed by atoms with Crippen LogP contribution in [-0.2, 0) is 0 Å². The molecule has 0 atom stereocenters. The molecule has 5 nitrogen and oxygen atoms in total. The van der Waals surface area contributed by atoms with Gasteiger partial charge in [0.25, 0.3) is 11.8 Å². The Bertz CT molecular complexity index is 1110. The Morgan fingerprint density at radius 2 is 1.74 bits per heavy atom. The molecule has 1 aliphatic heterocycles. The van der Waals surface area contributed by atoms with Gasteiger partial charge < -0.3 is 10.2 Å². The molecule has 7 heteroatoms. The summed E-state index contributed by atoms with van der Waals surface area (Å²) in [5.74, 6) is -0.0657. The molecule has 1 N–H and O–H groups in total. The standard InChI is InChI=1S/C24H21N3O2S2/c25-15-17-5-1-3-7-21(17)31-22-8-4-2-6-20(22)24(29)27-12-9-19(10-13-27)26-23(28)18-11-14-30-16-18/h1-8,11,14,16,19H,9-10,12-13H2,(H,26,28). The van der Waals surface area contributed by atoms with E-state index in [4.69, 9.17) is 0 Å². The molecule has 1 fully saturated rings. The van der Waals surface area contributed by atoms with Crippen LogP contribution in [0, 0.1) is 11.3 Å². The molecule has 1 aliphatic rings. The van der Waals surface area contributed by atoms with Crippen LogP contribution in [0.1, 0.15) is 39.1 Å². The zero-order chi connectivity index (χ0) is 21.6. The van der Waals surface area contributed by atoms with Gasteiger partial charge in [0.1, 0.15) is 6.07 Å². The van der Waals surface area contributed by atoms with Crippen LogP contribution in [0.3, 0.4) is 0 Å². The first-order valence-corrected chi connectivity index (χ1v) is 11.8. The first-order chi connectivity index (χ1) is 15.2. The maximum Gasteiger partial charge on any atom is 0.255 e. The van der Waals surface area contributed by atoms with Gasteiger partial charge in [-0.25, -0.2) is 0 Å². The predicted octanol–water partition coefficient (Wildman–Crippen LogP) is 4.81. The van der Waals surface area contributed by atoms with E-state index in [1.807, 2.05) is 64.2 Å². The zero-order valence-electron chi connectivity index (χ0n) is 16.8. The summed E-state index contributed by atoms with van der Waals surface area (Å²) >= 11 is 2.94. The van der Waals surface area contributed by atoms with Crippen molar-refractivity contribution in [3.63, 3.8) is 0 Å². The first kappa shape index (κ1) is 21.2. The lowest BCUT2D eigenvalue weighted by molar-refractivity contribution is 0.0695. The van der Waals surface area contributed by atoms with Gasteiger partial charge >= 0.3 is 0 Å². The average molecular weight is 448 g/mol. The van der Waals surface area contributed by atoms with Gasteiger partial charge in [-0.2, -0.15) is 16.6 Å². The second-order valence-electron chi connectivity index (χ2n) is 7.26. The largest absolute Gasteiger partial charge is 0.349 e. The van der Waals surface area contributed by atoms with Crippen molar-refractivity contribution < 1.29 is 9.59 Å². The van der Waals surface area contributed by atoms with Gasteiger partial charge in [0.2, 0.25) is 0 Å². The molecule has 0 radical (unpaired) electrons. The highest BCUT2D eigenvalue weighted by Crippen LogP contribution is 2.33. The lowest BCUT2D eigenvalue weighted by Crippen LogP contribution is -2.46. The number of nitriles is 1. The molecule has 1 aromatic heterocycles. The second-order valence-corrected chi connectivity index (χ2v) is 9.12. The van der Waals surface area contributed by atoms with Crippen molar-refractivity contribution in [2.24, 2.45) is 0 Å². The van der Waals surface area contributed by atoms with Crippen LogP contribution in [0.25, 0.3) is 0 Å². The van der Waals surface area contributed by atoms with E-state index in [2.05, 4.69) is 11.4 Å². The monoisotopic (exact) mass is 447 g/mol. The van der Waals surface area contributed by atoms with Crippen LogP contribution >= 0.6 is 23.1 Å². The predicted molar refractivity (Wildman–Crippen MR) is 122 cm³/mol. The van der Waals surface area contributed by atoms with Crippen LogP contribution in [0.15, 0.2) is 75.1 Å². The number of nitrogens with zero attached hydrogens (tertiary/aromatic N) is 2. The van der Waals surface area contributed by atoms with Crippen molar-refractivity contribution in [3.8, 4) is 6.07 Å². The van der Waals surface area contributed by atoms with Crippen LogP contribution in [-0.4, -0.2) is 35.8 Å². The van der Waals surface area contributed by atoms with Crippen LogP contribution < -0.4 is 5.32 Å². The van der Waals surface area contributed by atoms with Crippen molar-refractivity contribution in [2.75, 3.05) is 13.1 Å². The van der Waals surface area contributed by atoms with Crippen molar-refractivity contribution in [3.05, 3.63) is 82.0 Å². The third-order valence-electron chi connectivity index (χ3n) is 5.25. The molecule has 3 aromatic rings. The average Bonchev–Trinajstić information content (AvgIpc) is 3.35. The van der Waals surface area contributed by atoms with Crippen LogP contribution in [0.2, 0.25) is 0 Å². The van der Waals surface area contributed by atoms with E-state index in [1.165, 1.54) is 23.1 Å². The molecular weight excluding hydrogens is 426 g/mol. The summed E-state index contributed by atoms with van der Waals surface area (Å²) in [5.41, 5.74) is 1.92. The highest BCUT2D eigenvalue weighted by molar-refractivity contribution is 7.99. The molecule has 2 aromatic carbocycles. The minimum atomic E-state index is -0.0519. The second kappa shape index (κ2) is 9.82.